The highest BCUT2D eigenvalue weighted by atomic mass is 16.3. The summed E-state index contributed by atoms with van der Waals surface area (Å²) in [6.07, 6.45) is 3.65. The highest BCUT2D eigenvalue weighted by Gasteiger charge is 2.11. The highest BCUT2D eigenvalue weighted by Crippen LogP contribution is 2.02. The SMILES string of the molecule is CCC/C=C(\CO)C(=O)N(C)CC. The number of amides is 1. The molecule has 0 aromatic rings. The molecule has 0 radical (unpaired) electrons. The third kappa shape index (κ3) is 4.08. The minimum Gasteiger partial charge on any atom is -0.391 e. The van der Waals surface area contributed by atoms with E-state index in [1.807, 2.05) is 19.9 Å². The molecule has 0 rings (SSSR count). The molecule has 1 amide bonds. The third-order valence-electron chi connectivity index (χ3n) is 1.95. The van der Waals surface area contributed by atoms with Crippen LogP contribution in [0.2, 0.25) is 0 Å². The van der Waals surface area contributed by atoms with Gasteiger partial charge in [0.15, 0.2) is 0 Å². The van der Waals surface area contributed by atoms with Crippen LogP contribution >= 0.6 is 0 Å². The summed E-state index contributed by atoms with van der Waals surface area (Å²) in [7, 11) is 1.73. The summed E-state index contributed by atoms with van der Waals surface area (Å²) in [5.74, 6) is -0.0709. The summed E-state index contributed by atoms with van der Waals surface area (Å²) >= 11 is 0. The Morgan fingerprint density at radius 3 is 2.46 bits per heavy atom. The van der Waals surface area contributed by atoms with Crippen molar-refractivity contribution < 1.29 is 9.90 Å². The van der Waals surface area contributed by atoms with E-state index in [2.05, 4.69) is 0 Å². The van der Waals surface area contributed by atoms with Gasteiger partial charge in [-0.1, -0.05) is 19.4 Å². The van der Waals surface area contributed by atoms with E-state index in [1.165, 1.54) is 0 Å². The Balaban J connectivity index is 4.31. The van der Waals surface area contributed by atoms with Crippen molar-refractivity contribution in [2.75, 3.05) is 20.2 Å². The number of carbonyl (C=O) groups excluding carboxylic acids is 1. The second-order valence-corrected chi connectivity index (χ2v) is 3.00. The van der Waals surface area contributed by atoms with Crippen molar-refractivity contribution in [1.29, 1.82) is 0 Å². The summed E-state index contributed by atoms with van der Waals surface area (Å²) in [4.78, 5) is 13.1. The zero-order valence-corrected chi connectivity index (χ0v) is 8.71. The van der Waals surface area contributed by atoms with Crippen molar-refractivity contribution in [2.24, 2.45) is 0 Å². The van der Waals surface area contributed by atoms with Gasteiger partial charge in [0.1, 0.15) is 0 Å². The first-order chi connectivity index (χ1) is 6.17. The van der Waals surface area contributed by atoms with Crippen LogP contribution in [0.3, 0.4) is 0 Å². The number of hydrogen-bond acceptors (Lipinski definition) is 2. The standard InChI is InChI=1S/C10H19NO2/c1-4-6-7-9(8-12)10(13)11(3)5-2/h7,12H,4-6,8H2,1-3H3/b9-7+. The number of rotatable bonds is 5. The van der Waals surface area contributed by atoms with Gasteiger partial charge in [-0.15, -0.1) is 0 Å². The minimum atomic E-state index is -0.164. The van der Waals surface area contributed by atoms with Crippen LogP contribution in [0.1, 0.15) is 26.7 Å². The predicted octanol–water partition coefficient (Wildman–Crippen LogP) is 1.18. The molecule has 0 fully saturated rings. The average Bonchev–Trinajstić information content (AvgIpc) is 2.17. The Labute approximate surface area is 80.0 Å². The van der Waals surface area contributed by atoms with E-state index in [0.717, 1.165) is 12.8 Å². The third-order valence-corrected chi connectivity index (χ3v) is 1.95. The van der Waals surface area contributed by atoms with E-state index >= 15 is 0 Å². The first-order valence-electron chi connectivity index (χ1n) is 4.72. The van der Waals surface area contributed by atoms with Gasteiger partial charge in [-0.05, 0) is 13.3 Å². The lowest BCUT2D eigenvalue weighted by Gasteiger charge is -2.15. The van der Waals surface area contributed by atoms with Crippen molar-refractivity contribution >= 4 is 5.91 Å². The van der Waals surface area contributed by atoms with Crippen LogP contribution < -0.4 is 0 Å². The normalized spacial score (nSPS) is 11.5. The van der Waals surface area contributed by atoms with Gasteiger partial charge in [0.2, 0.25) is 0 Å². The fourth-order valence-electron chi connectivity index (χ4n) is 0.927. The zero-order chi connectivity index (χ0) is 10.3. The van der Waals surface area contributed by atoms with E-state index < -0.39 is 0 Å². The molecule has 0 saturated carbocycles. The fourth-order valence-corrected chi connectivity index (χ4v) is 0.927. The Hall–Kier alpha value is -0.830. The second-order valence-electron chi connectivity index (χ2n) is 3.00. The number of carbonyl (C=O) groups is 1. The van der Waals surface area contributed by atoms with Crippen molar-refractivity contribution in [2.45, 2.75) is 26.7 Å². The summed E-state index contributed by atoms with van der Waals surface area (Å²) in [6, 6.07) is 0. The summed E-state index contributed by atoms with van der Waals surface area (Å²) < 4.78 is 0. The second kappa shape index (κ2) is 6.66. The highest BCUT2D eigenvalue weighted by molar-refractivity contribution is 5.93. The Morgan fingerprint density at radius 1 is 1.46 bits per heavy atom. The lowest BCUT2D eigenvalue weighted by molar-refractivity contribution is -0.126. The van der Waals surface area contributed by atoms with Crippen LogP contribution in [0.4, 0.5) is 0 Å². The Bertz CT molecular complexity index is 187. The van der Waals surface area contributed by atoms with Gasteiger partial charge in [-0.3, -0.25) is 4.79 Å². The predicted molar refractivity (Wildman–Crippen MR) is 53.4 cm³/mol. The van der Waals surface area contributed by atoms with Crippen LogP contribution in [0.25, 0.3) is 0 Å². The molecule has 0 aliphatic rings. The van der Waals surface area contributed by atoms with Crippen molar-refractivity contribution in [3.63, 3.8) is 0 Å². The monoisotopic (exact) mass is 185 g/mol. The van der Waals surface area contributed by atoms with Crippen molar-refractivity contribution in [1.82, 2.24) is 4.90 Å². The number of aliphatic hydroxyl groups is 1. The minimum absolute atomic E-state index is 0.0709. The number of aliphatic hydroxyl groups excluding tert-OH is 1. The molecule has 76 valence electrons. The van der Waals surface area contributed by atoms with E-state index in [9.17, 15) is 4.79 Å². The molecule has 0 atom stereocenters. The van der Waals surface area contributed by atoms with Crippen molar-refractivity contribution in [3.8, 4) is 0 Å². The molecule has 0 aromatic heterocycles. The van der Waals surface area contributed by atoms with Gasteiger partial charge in [0.05, 0.1) is 6.61 Å². The number of hydrogen-bond donors (Lipinski definition) is 1. The Kier molecular flexibility index (Phi) is 6.24. The maximum atomic E-state index is 11.5. The lowest BCUT2D eigenvalue weighted by Crippen LogP contribution is -2.28. The van der Waals surface area contributed by atoms with Gasteiger partial charge < -0.3 is 10.0 Å². The van der Waals surface area contributed by atoms with Crippen molar-refractivity contribution in [3.05, 3.63) is 11.6 Å². The largest absolute Gasteiger partial charge is 0.391 e. The molecule has 3 nitrogen and oxygen atoms in total. The first kappa shape index (κ1) is 12.2. The van der Waals surface area contributed by atoms with E-state index in [-0.39, 0.29) is 12.5 Å². The molecule has 0 unspecified atom stereocenters. The number of nitrogens with zero attached hydrogens (tertiary/aromatic N) is 1. The van der Waals surface area contributed by atoms with Crippen LogP contribution in [-0.2, 0) is 4.79 Å². The first-order valence-corrected chi connectivity index (χ1v) is 4.72. The fraction of sp³-hybridized carbons (Fsp3) is 0.700. The van der Waals surface area contributed by atoms with E-state index in [0.29, 0.717) is 12.1 Å². The van der Waals surface area contributed by atoms with Crippen LogP contribution in [0.15, 0.2) is 11.6 Å². The molecule has 0 aliphatic carbocycles. The molecular formula is C10H19NO2. The van der Waals surface area contributed by atoms with Gasteiger partial charge in [-0.2, -0.15) is 0 Å². The summed E-state index contributed by atoms with van der Waals surface area (Å²) in [5.41, 5.74) is 0.506. The topological polar surface area (TPSA) is 40.5 Å². The van der Waals surface area contributed by atoms with Crippen LogP contribution in [-0.4, -0.2) is 36.1 Å². The molecule has 0 aliphatic heterocycles. The quantitative estimate of drug-likeness (QED) is 0.653. The van der Waals surface area contributed by atoms with E-state index in [1.54, 1.807) is 11.9 Å². The molecule has 0 bridgehead atoms. The van der Waals surface area contributed by atoms with Gasteiger partial charge in [0.25, 0.3) is 5.91 Å². The molecule has 3 heteroatoms. The number of unbranched alkanes of at least 4 members (excludes halogenated alkanes) is 1. The molecule has 13 heavy (non-hydrogen) atoms. The smallest absolute Gasteiger partial charge is 0.251 e. The molecule has 0 aromatic carbocycles. The van der Waals surface area contributed by atoms with Crippen LogP contribution in [0, 0.1) is 0 Å². The molecule has 1 N–H and O–H groups in total. The van der Waals surface area contributed by atoms with Gasteiger partial charge in [0, 0.05) is 19.2 Å². The maximum absolute atomic E-state index is 11.5. The Morgan fingerprint density at radius 2 is 2.08 bits per heavy atom. The van der Waals surface area contributed by atoms with Gasteiger partial charge >= 0.3 is 0 Å². The number of likely N-dealkylation sites (N-methyl/N-ethyl adjacent to an activating group) is 1. The summed E-state index contributed by atoms with van der Waals surface area (Å²) in [5, 5.41) is 8.95. The maximum Gasteiger partial charge on any atom is 0.251 e. The van der Waals surface area contributed by atoms with Gasteiger partial charge in [-0.25, -0.2) is 0 Å². The lowest BCUT2D eigenvalue weighted by atomic mass is 10.2. The zero-order valence-electron chi connectivity index (χ0n) is 8.71. The number of allylic oxidation sites excluding steroid dienone is 1. The molecule has 0 heterocycles. The molecular weight excluding hydrogens is 166 g/mol. The van der Waals surface area contributed by atoms with E-state index in [4.69, 9.17) is 5.11 Å². The summed E-state index contributed by atoms with van der Waals surface area (Å²) in [6.45, 7) is 4.46. The molecule has 0 saturated heterocycles. The molecule has 0 spiro atoms. The van der Waals surface area contributed by atoms with Crippen LogP contribution in [0.5, 0.6) is 0 Å². The average molecular weight is 185 g/mol.